The number of rotatable bonds is 3. The van der Waals surface area contributed by atoms with E-state index in [4.69, 9.17) is 4.52 Å². The number of hydrogen-bond donors (Lipinski definition) is 0. The molecule has 0 unspecified atom stereocenters. The van der Waals surface area contributed by atoms with Gasteiger partial charge in [-0.2, -0.15) is 0 Å². The number of carbonyl (C=O) groups is 1. The molecule has 2 aromatic heterocycles. The van der Waals surface area contributed by atoms with Gasteiger partial charge in [0.05, 0.1) is 6.42 Å². The highest BCUT2D eigenvalue weighted by Crippen LogP contribution is 2.25. The van der Waals surface area contributed by atoms with Crippen molar-refractivity contribution in [3.63, 3.8) is 0 Å². The van der Waals surface area contributed by atoms with Crippen molar-refractivity contribution >= 4 is 33.3 Å². The third kappa shape index (κ3) is 3.16. The van der Waals surface area contributed by atoms with Crippen LogP contribution in [0.1, 0.15) is 21.8 Å². The van der Waals surface area contributed by atoms with Crippen molar-refractivity contribution in [2.75, 3.05) is 31.1 Å². The van der Waals surface area contributed by atoms with Gasteiger partial charge >= 0.3 is 0 Å². The SMILES string of the molecule is Cc1cc(C)c2c(CC(=O)N3CCN(c4nnc(C)s4)CC3)noc2c1. The molecule has 1 saturated heterocycles. The molecular weight excluding hydrogens is 350 g/mol. The molecule has 1 aliphatic heterocycles. The molecule has 1 amide bonds. The summed E-state index contributed by atoms with van der Waals surface area (Å²) in [5.74, 6) is 0.0910. The van der Waals surface area contributed by atoms with Gasteiger partial charge in [-0.25, -0.2) is 0 Å². The molecule has 0 atom stereocenters. The maximum atomic E-state index is 12.7. The van der Waals surface area contributed by atoms with E-state index in [2.05, 4.69) is 26.3 Å². The summed E-state index contributed by atoms with van der Waals surface area (Å²) >= 11 is 1.59. The first-order valence-corrected chi connectivity index (χ1v) is 9.51. The smallest absolute Gasteiger partial charge is 0.228 e. The quantitative estimate of drug-likeness (QED) is 0.704. The van der Waals surface area contributed by atoms with Crippen molar-refractivity contribution in [3.8, 4) is 0 Å². The van der Waals surface area contributed by atoms with Gasteiger partial charge in [0.15, 0.2) is 5.58 Å². The standard InChI is InChI=1S/C18H21N5O2S/c1-11-8-12(2)17-14(21-25-15(17)9-11)10-16(24)22-4-6-23(7-5-22)18-20-19-13(3)26-18/h8-9H,4-7,10H2,1-3H3. The first kappa shape index (κ1) is 17.0. The molecule has 1 aromatic carbocycles. The Morgan fingerprint density at radius 2 is 1.92 bits per heavy atom. The van der Waals surface area contributed by atoms with Crippen molar-refractivity contribution < 1.29 is 9.32 Å². The Hall–Kier alpha value is -2.48. The van der Waals surface area contributed by atoms with Crippen molar-refractivity contribution in [2.45, 2.75) is 27.2 Å². The van der Waals surface area contributed by atoms with Gasteiger partial charge in [0.25, 0.3) is 0 Å². The lowest BCUT2D eigenvalue weighted by molar-refractivity contribution is -0.130. The van der Waals surface area contributed by atoms with Gasteiger partial charge in [0.1, 0.15) is 10.7 Å². The number of piperazine rings is 1. The van der Waals surface area contributed by atoms with Crippen LogP contribution in [0.2, 0.25) is 0 Å². The predicted octanol–water partition coefficient (Wildman–Crippen LogP) is 2.50. The maximum Gasteiger partial charge on any atom is 0.228 e. The zero-order valence-corrected chi connectivity index (χ0v) is 16.0. The maximum absolute atomic E-state index is 12.7. The fraction of sp³-hybridized carbons (Fsp3) is 0.444. The molecule has 4 rings (SSSR count). The van der Waals surface area contributed by atoms with Crippen LogP contribution in [0.4, 0.5) is 5.13 Å². The van der Waals surface area contributed by atoms with Crippen LogP contribution in [0, 0.1) is 20.8 Å². The largest absolute Gasteiger partial charge is 0.356 e. The fourth-order valence-corrected chi connectivity index (χ4v) is 4.20. The van der Waals surface area contributed by atoms with Crippen LogP contribution in [-0.2, 0) is 11.2 Å². The van der Waals surface area contributed by atoms with E-state index in [1.165, 1.54) is 0 Å². The second kappa shape index (κ2) is 6.68. The van der Waals surface area contributed by atoms with E-state index in [-0.39, 0.29) is 12.3 Å². The lowest BCUT2D eigenvalue weighted by Gasteiger charge is -2.34. The molecule has 26 heavy (non-hydrogen) atoms. The van der Waals surface area contributed by atoms with Crippen LogP contribution < -0.4 is 4.90 Å². The molecule has 0 aliphatic carbocycles. The number of benzene rings is 1. The molecule has 3 heterocycles. The zero-order chi connectivity index (χ0) is 18.3. The molecule has 8 heteroatoms. The van der Waals surface area contributed by atoms with Crippen molar-refractivity contribution in [3.05, 3.63) is 34.0 Å². The summed E-state index contributed by atoms with van der Waals surface area (Å²) in [6.45, 7) is 8.93. The lowest BCUT2D eigenvalue weighted by Crippen LogP contribution is -2.49. The Labute approximate surface area is 155 Å². The summed E-state index contributed by atoms with van der Waals surface area (Å²) in [6, 6.07) is 4.06. The third-order valence-electron chi connectivity index (χ3n) is 4.72. The molecule has 1 fully saturated rings. The number of aryl methyl sites for hydroxylation is 3. The number of anilines is 1. The monoisotopic (exact) mass is 371 g/mol. The second-order valence-electron chi connectivity index (χ2n) is 6.73. The molecular formula is C18H21N5O2S. The molecule has 0 bridgehead atoms. The van der Waals surface area contributed by atoms with Gasteiger partial charge in [-0.3, -0.25) is 4.79 Å². The Morgan fingerprint density at radius 3 is 2.62 bits per heavy atom. The summed E-state index contributed by atoms with van der Waals surface area (Å²) in [5.41, 5.74) is 3.71. The van der Waals surface area contributed by atoms with Crippen LogP contribution >= 0.6 is 11.3 Å². The Balaban J connectivity index is 1.43. The number of aromatic nitrogens is 3. The van der Waals surface area contributed by atoms with E-state index in [0.717, 1.165) is 51.0 Å². The third-order valence-corrected chi connectivity index (χ3v) is 5.62. The Kier molecular flexibility index (Phi) is 4.36. The first-order valence-electron chi connectivity index (χ1n) is 8.69. The van der Waals surface area contributed by atoms with E-state index in [1.807, 2.05) is 31.7 Å². The molecule has 1 aliphatic rings. The number of amides is 1. The average molecular weight is 371 g/mol. The Morgan fingerprint density at radius 1 is 1.15 bits per heavy atom. The van der Waals surface area contributed by atoms with Crippen molar-refractivity contribution in [2.24, 2.45) is 0 Å². The van der Waals surface area contributed by atoms with E-state index in [9.17, 15) is 4.79 Å². The minimum absolute atomic E-state index is 0.0910. The summed E-state index contributed by atoms with van der Waals surface area (Å²) in [7, 11) is 0. The van der Waals surface area contributed by atoms with Gasteiger partial charge in [0.2, 0.25) is 11.0 Å². The van der Waals surface area contributed by atoms with E-state index >= 15 is 0 Å². The highest BCUT2D eigenvalue weighted by Gasteiger charge is 2.24. The van der Waals surface area contributed by atoms with Crippen LogP contribution in [0.5, 0.6) is 0 Å². The van der Waals surface area contributed by atoms with Gasteiger partial charge in [0, 0.05) is 31.6 Å². The highest BCUT2D eigenvalue weighted by molar-refractivity contribution is 7.15. The van der Waals surface area contributed by atoms with Crippen molar-refractivity contribution in [1.82, 2.24) is 20.3 Å². The number of nitrogens with zero attached hydrogens (tertiary/aromatic N) is 5. The molecule has 7 nitrogen and oxygen atoms in total. The van der Waals surface area contributed by atoms with E-state index in [1.54, 1.807) is 11.3 Å². The molecule has 0 radical (unpaired) electrons. The van der Waals surface area contributed by atoms with Crippen LogP contribution in [-0.4, -0.2) is 52.3 Å². The minimum Gasteiger partial charge on any atom is -0.356 e. The fourth-order valence-electron chi connectivity index (χ4n) is 3.46. The van der Waals surface area contributed by atoms with E-state index in [0.29, 0.717) is 13.1 Å². The normalized spacial score (nSPS) is 15.0. The number of fused-ring (bicyclic) bond motifs is 1. The van der Waals surface area contributed by atoms with Gasteiger partial charge in [-0.05, 0) is 38.0 Å². The van der Waals surface area contributed by atoms with E-state index < -0.39 is 0 Å². The molecule has 3 aromatic rings. The number of hydrogen-bond acceptors (Lipinski definition) is 7. The first-order chi connectivity index (χ1) is 12.5. The van der Waals surface area contributed by atoms with Gasteiger partial charge in [-0.1, -0.05) is 22.6 Å². The second-order valence-corrected chi connectivity index (χ2v) is 7.89. The Bertz CT molecular complexity index is 956. The summed E-state index contributed by atoms with van der Waals surface area (Å²) in [6.07, 6.45) is 0.273. The summed E-state index contributed by atoms with van der Waals surface area (Å²) in [5, 5.41) is 15.3. The molecule has 0 N–H and O–H groups in total. The number of carbonyl (C=O) groups excluding carboxylic acids is 1. The minimum atomic E-state index is 0.0910. The molecule has 136 valence electrons. The topological polar surface area (TPSA) is 75.4 Å². The van der Waals surface area contributed by atoms with Crippen LogP contribution in [0.3, 0.4) is 0 Å². The molecule has 0 saturated carbocycles. The van der Waals surface area contributed by atoms with Gasteiger partial charge in [-0.15, -0.1) is 10.2 Å². The molecule has 0 spiro atoms. The predicted molar refractivity (Wildman–Crippen MR) is 101 cm³/mol. The zero-order valence-electron chi connectivity index (χ0n) is 15.2. The average Bonchev–Trinajstić information content (AvgIpc) is 3.21. The van der Waals surface area contributed by atoms with Crippen molar-refractivity contribution in [1.29, 1.82) is 0 Å². The van der Waals surface area contributed by atoms with Crippen LogP contribution in [0.15, 0.2) is 16.7 Å². The van der Waals surface area contributed by atoms with Gasteiger partial charge < -0.3 is 14.3 Å². The highest BCUT2D eigenvalue weighted by atomic mass is 32.1. The summed E-state index contributed by atoms with van der Waals surface area (Å²) < 4.78 is 5.43. The lowest BCUT2D eigenvalue weighted by atomic mass is 10.0. The summed E-state index contributed by atoms with van der Waals surface area (Å²) in [4.78, 5) is 16.8. The van der Waals surface area contributed by atoms with Crippen LogP contribution in [0.25, 0.3) is 11.0 Å².